The van der Waals surface area contributed by atoms with Crippen molar-refractivity contribution in [1.29, 1.82) is 0 Å². The van der Waals surface area contributed by atoms with Crippen LogP contribution in [0.1, 0.15) is 20.7 Å². The summed E-state index contributed by atoms with van der Waals surface area (Å²) in [6, 6.07) is 19.0. The van der Waals surface area contributed by atoms with Gasteiger partial charge in [-0.2, -0.15) is 0 Å². The summed E-state index contributed by atoms with van der Waals surface area (Å²) in [5.74, 6) is -1.02. The molecule has 0 atom stereocenters. The first kappa shape index (κ1) is 21.3. The standard InChI is InChI=1S/C23H19N3O5S/c1-32(30,31)18-12-8-15(9-13-18)22(28)24-17-10-6-16(7-11-17)23(29)26-14-21(27)25-19-4-2-3-5-20(19)26/h2-13H,14H2,1H3,(H,24,28)(H,25,27). The predicted octanol–water partition coefficient (Wildman–Crippen LogP) is 2.94. The molecule has 9 heteroatoms. The third-order valence-corrected chi connectivity index (χ3v) is 6.08. The van der Waals surface area contributed by atoms with E-state index in [0.29, 0.717) is 28.2 Å². The Hall–Kier alpha value is -3.98. The first-order chi connectivity index (χ1) is 15.2. The lowest BCUT2D eigenvalue weighted by molar-refractivity contribution is -0.115. The minimum Gasteiger partial charge on any atom is -0.323 e. The van der Waals surface area contributed by atoms with Crippen LogP contribution < -0.4 is 15.5 Å². The first-order valence-electron chi connectivity index (χ1n) is 9.65. The lowest BCUT2D eigenvalue weighted by Gasteiger charge is -2.29. The van der Waals surface area contributed by atoms with Gasteiger partial charge in [0.1, 0.15) is 6.54 Å². The number of para-hydroxylation sites is 2. The van der Waals surface area contributed by atoms with Gasteiger partial charge >= 0.3 is 0 Å². The molecule has 0 radical (unpaired) electrons. The van der Waals surface area contributed by atoms with E-state index in [4.69, 9.17) is 0 Å². The highest BCUT2D eigenvalue weighted by molar-refractivity contribution is 7.90. The van der Waals surface area contributed by atoms with Crippen molar-refractivity contribution in [2.45, 2.75) is 4.90 Å². The number of fused-ring (bicyclic) bond motifs is 1. The fourth-order valence-electron chi connectivity index (χ4n) is 3.32. The molecule has 162 valence electrons. The van der Waals surface area contributed by atoms with Crippen molar-refractivity contribution in [2.24, 2.45) is 0 Å². The van der Waals surface area contributed by atoms with E-state index in [2.05, 4.69) is 10.6 Å². The summed E-state index contributed by atoms with van der Waals surface area (Å²) in [6.45, 7) is -0.0855. The highest BCUT2D eigenvalue weighted by Gasteiger charge is 2.27. The van der Waals surface area contributed by atoms with Crippen molar-refractivity contribution in [1.82, 2.24) is 0 Å². The molecular weight excluding hydrogens is 430 g/mol. The second-order valence-electron chi connectivity index (χ2n) is 7.28. The fraction of sp³-hybridized carbons (Fsp3) is 0.0870. The number of amides is 3. The van der Waals surface area contributed by atoms with E-state index in [1.807, 2.05) is 0 Å². The highest BCUT2D eigenvalue weighted by Crippen LogP contribution is 2.30. The Balaban J connectivity index is 1.48. The molecule has 1 aliphatic heterocycles. The smallest absolute Gasteiger partial charge is 0.258 e. The summed E-state index contributed by atoms with van der Waals surface area (Å²) in [5, 5.41) is 5.45. The second-order valence-corrected chi connectivity index (χ2v) is 9.30. The second kappa shape index (κ2) is 8.27. The molecule has 0 saturated heterocycles. The molecule has 0 unspecified atom stereocenters. The topological polar surface area (TPSA) is 113 Å². The van der Waals surface area contributed by atoms with Gasteiger partial charge in [-0.3, -0.25) is 19.3 Å². The van der Waals surface area contributed by atoms with E-state index in [-0.39, 0.29) is 23.3 Å². The summed E-state index contributed by atoms with van der Waals surface area (Å²) in [5.41, 5.74) is 2.32. The van der Waals surface area contributed by atoms with Gasteiger partial charge in [-0.25, -0.2) is 8.42 Å². The van der Waals surface area contributed by atoms with Gasteiger partial charge in [0.2, 0.25) is 5.91 Å². The van der Waals surface area contributed by atoms with Gasteiger partial charge in [0.05, 0.1) is 16.3 Å². The number of nitrogens with one attached hydrogen (secondary N) is 2. The van der Waals surface area contributed by atoms with Crippen LogP contribution in [-0.2, 0) is 14.6 Å². The predicted molar refractivity (Wildman–Crippen MR) is 121 cm³/mol. The number of anilines is 3. The van der Waals surface area contributed by atoms with Crippen LogP contribution in [0.3, 0.4) is 0 Å². The SMILES string of the molecule is CS(=O)(=O)c1ccc(C(=O)Nc2ccc(C(=O)N3CC(=O)Nc4ccccc43)cc2)cc1. The molecular formula is C23H19N3O5S. The van der Waals surface area contributed by atoms with Crippen LogP contribution in [-0.4, -0.2) is 38.9 Å². The maximum absolute atomic E-state index is 13.0. The van der Waals surface area contributed by atoms with Crippen molar-refractivity contribution in [3.8, 4) is 0 Å². The third kappa shape index (κ3) is 4.37. The molecule has 4 rings (SSSR count). The maximum atomic E-state index is 13.0. The van der Waals surface area contributed by atoms with Gasteiger partial charge in [-0.05, 0) is 60.7 Å². The van der Waals surface area contributed by atoms with Crippen molar-refractivity contribution in [3.05, 3.63) is 83.9 Å². The van der Waals surface area contributed by atoms with E-state index >= 15 is 0 Å². The van der Waals surface area contributed by atoms with Crippen LogP contribution in [0.25, 0.3) is 0 Å². The average Bonchev–Trinajstić information content (AvgIpc) is 2.78. The molecule has 1 heterocycles. The van der Waals surface area contributed by atoms with Gasteiger partial charge in [0.25, 0.3) is 11.8 Å². The lowest BCUT2D eigenvalue weighted by atomic mass is 10.1. The lowest BCUT2D eigenvalue weighted by Crippen LogP contribution is -2.42. The molecule has 2 N–H and O–H groups in total. The van der Waals surface area contributed by atoms with Crippen LogP contribution >= 0.6 is 0 Å². The molecule has 3 amide bonds. The zero-order valence-corrected chi connectivity index (χ0v) is 17.8. The zero-order chi connectivity index (χ0) is 22.9. The van der Waals surface area contributed by atoms with Crippen LogP contribution in [0.4, 0.5) is 17.1 Å². The number of benzene rings is 3. The van der Waals surface area contributed by atoms with E-state index in [1.165, 1.54) is 29.2 Å². The molecule has 0 fully saturated rings. The number of hydrogen-bond donors (Lipinski definition) is 2. The molecule has 3 aromatic carbocycles. The monoisotopic (exact) mass is 449 g/mol. The van der Waals surface area contributed by atoms with E-state index < -0.39 is 15.7 Å². The molecule has 32 heavy (non-hydrogen) atoms. The Morgan fingerprint density at radius 2 is 1.53 bits per heavy atom. The quantitative estimate of drug-likeness (QED) is 0.636. The maximum Gasteiger partial charge on any atom is 0.258 e. The van der Waals surface area contributed by atoms with Crippen molar-refractivity contribution >= 4 is 44.6 Å². The number of nitrogens with zero attached hydrogens (tertiary/aromatic N) is 1. The van der Waals surface area contributed by atoms with Gasteiger partial charge < -0.3 is 10.6 Å². The first-order valence-corrected chi connectivity index (χ1v) is 11.5. The van der Waals surface area contributed by atoms with Crippen LogP contribution in [0.5, 0.6) is 0 Å². The summed E-state index contributed by atoms with van der Waals surface area (Å²) < 4.78 is 23.1. The Bertz CT molecular complexity index is 1320. The summed E-state index contributed by atoms with van der Waals surface area (Å²) in [7, 11) is -3.34. The summed E-state index contributed by atoms with van der Waals surface area (Å²) >= 11 is 0. The number of carbonyl (C=O) groups excluding carboxylic acids is 3. The average molecular weight is 449 g/mol. The molecule has 1 aliphatic rings. The number of carbonyl (C=O) groups is 3. The normalized spacial score (nSPS) is 13.2. The van der Waals surface area contributed by atoms with Gasteiger partial charge in [-0.15, -0.1) is 0 Å². The number of sulfone groups is 1. The van der Waals surface area contributed by atoms with Gasteiger partial charge in [0, 0.05) is 23.1 Å². The molecule has 8 nitrogen and oxygen atoms in total. The Labute approximate surface area is 184 Å². The van der Waals surface area contributed by atoms with Crippen LogP contribution in [0, 0.1) is 0 Å². The van der Waals surface area contributed by atoms with E-state index in [0.717, 1.165) is 6.26 Å². The number of hydrogen-bond acceptors (Lipinski definition) is 5. The molecule has 3 aromatic rings. The zero-order valence-electron chi connectivity index (χ0n) is 17.0. The largest absolute Gasteiger partial charge is 0.323 e. The van der Waals surface area contributed by atoms with Crippen molar-refractivity contribution in [2.75, 3.05) is 28.3 Å². The minimum atomic E-state index is -3.34. The Morgan fingerprint density at radius 3 is 2.19 bits per heavy atom. The summed E-state index contributed by atoms with van der Waals surface area (Å²) in [4.78, 5) is 38.9. The van der Waals surface area contributed by atoms with Crippen molar-refractivity contribution in [3.63, 3.8) is 0 Å². The van der Waals surface area contributed by atoms with Crippen molar-refractivity contribution < 1.29 is 22.8 Å². The number of rotatable bonds is 4. The minimum absolute atomic E-state index is 0.0855. The summed E-state index contributed by atoms with van der Waals surface area (Å²) in [6.07, 6.45) is 1.10. The Kier molecular flexibility index (Phi) is 5.50. The van der Waals surface area contributed by atoms with E-state index in [9.17, 15) is 22.8 Å². The molecule has 0 aromatic heterocycles. The fourth-order valence-corrected chi connectivity index (χ4v) is 3.95. The highest BCUT2D eigenvalue weighted by atomic mass is 32.2. The molecule has 0 spiro atoms. The van der Waals surface area contributed by atoms with Crippen LogP contribution in [0.2, 0.25) is 0 Å². The Morgan fingerprint density at radius 1 is 0.906 bits per heavy atom. The molecule has 0 bridgehead atoms. The van der Waals surface area contributed by atoms with Gasteiger partial charge in [-0.1, -0.05) is 12.1 Å². The van der Waals surface area contributed by atoms with Gasteiger partial charge in [0.15, 0.2) is 9.84 Å². The third-order valence-electron chi connectivity index (χ3n) is 4.95. The van der Waals surface area contributed by atoms with Crippen LogP contribution in [0.15, 0.2) is 77.7 Å². The molecule has 0 aliphatic carbocycles. The van der Waals surface area contributed by atoms with E-state index in [1.54, 1.807) is 48.5 Å². The molecule has 0 saturated carbocycles.